The van der Waals surface area contributed by atoms with Crippen molar-refractivity contribution in [3.8, 4) is 5.88 Å². The molecule has 1 aromatic heterocycles. The average Bonchev–Trinajstić information content (AvgIpc) is 2.52. The minimum atomic E-state index is 0.0460. The van der Waals surface area contributed by atoms with Crippen LogP contribution in [-0.4, -0.2) is 18.0 Å². The van der Waals surface area contributed by atoms with Gasteiger partial charge in [-0.3, -0.25) is 4.79 Å². The summed E-state index contributed by atoms with van der Waals surface area (Å²) in [5.74, 6) is 0.602. The molecule has 0 atom stereocenters. The average molecular weight is 270 g/mol. The van der Waals surface area contributed by atoms with Gasteiger partial charge in [-0.05, 0) is 23.6 Å². The normalized spacial score (nSPS) is 10.1. The monoisotopic (exact) mass is 270 g/mol. The number of aryl methyl sites for hydroxylation is 1. The van der Waals surface area contributed by atoms with Gasteiger partial charge in [0.1, 0.15) is 0 Å². The van der Waals surface area contributed by atoms with Crippen molar-refractivity contribution in [2.75, 3.05) is 7.11 Å². The van der Waals surface area contributed by atoms with Crippen molar-refractivity contribution < 1.29 is 9.53 Å². The number of nitrogens with one attached hydrogen (secondary N) is 1. The van der Waals surface area contributed by atoms with E-state index >= 15 is 0 Å². The summed E-state index contributed by atoms with van der Waals surface area (Å²) in [5.41, 5.74) is 2.15. The van der Waals surface area contributed by atoms with Crippen LogP contribution < -0.4 is 10.1 Å². The molecule has 0 spiro atoms. The number of pyridine rings is 1. The summed E-state index contributed by atoms with van der Waals surface area (Å²) in [6.07, 6.45) is 2.92. The number of nitrogens with zero attached hydrogens (tertiary/aromatic N) is 1. The molecule has 1 amide bonds. The predicted octanol–water partition coefficient (Wildman–Crippen LogP) is 2.34. The van der Waals surface area contributed by atoms with Crippen molar-refractivity contribution in [2.45, 2.75) is 19.4 Å². The third-order valence-corrected chi connectivity index (χ3v) is 2.98. The zero-order chi connectivity index (χ0) is 14.2. The molecule has 1 N–H and O–H groups in total. The Morgan fingerprint density at radius 1 is 1.20 bits per heavy atom. The second kappa shape index (κ2) is 7.28. The number of methoxy groups -OCH3 is 1. The van der Waals surface area contributed by atoms with Crippen LogP contribution in [-0.2, 0) is 17.8 Å². The molecule has 2 aromatic rings. The van der Waals surface area contributed by atoms with Crippen LogP contribution in [0.2, 0.25) is 0 Å². The maximum Gasteiger partial charge on any atom is 0.220 e. The van der Waals surface area contributed by atoms with Gasteiger partial charge in [-0.2, -0.15) is 0 Å². The molecule has 0 fully saturated rings. The topological polar surface area (TPSA) is 51.2 Å². The summed E-state index contributed by atoms with van der Waals surface area (Å²) in [4.78, 5) is 15.8. The number of rotatable bonds is 6. The molecule has 2 rings (SSSR count). The SMILES string of the molecule is COc1cc(CNC(=O)CCc2ccccc2)ccn1. The second-order valence-corrected chi connectivity index (χ2v) is 4.47. The molecule has 1 heterocycles. The molecular formula is C16H18N2O2. The zero-order valence-corrected chi connectivity index (χ0v) is 11.5. The molecule has 1 aromatic carbocycles. The van der Waals surface area contributed by atoms with Crippen LogP contribution in [0.15, 0.2) is 48.7 Å². The molecule has 4 heteroatoms. The number of ether oxygens (including phenoxy) is 1. The number of carbonyl (C=O) groups excluding carboxylic acids is 1. The minimum Gasteiger partial charge on any atom is -0.481 e. The molecule has 104 valence electrons. The van der Waals surface area contributed by atoms with Crippen LogP contribution in [0.4, 0.5) is 0 Å². The quantitative estimate of drug-likeness (QED) is 0.876. The summed E-state index contributed by atoms with van der Waals surface area (Å²) >= 11 is 0. The number of carbonyl (C=O) groups is 1. The Kier molecular flexibility index (Phi) is 5.12. The standard InChI is InChI=1S/C16H18N2O2/c1-20-16-11-14(9-10-17-16)12-18-15(19)8-7-13-5-3-2-4-6-13/h2-6,9-11H,7-8,12H2,1H3,(H,18,19). The number of amides is 1. The number of hydrogen-bond acceptors (Lipinski definition) is 3. The molecule has 0 aliphatic heterocycles. The maximum absolute atomic E-state index is 11.8. The van der Waals surface area contributed by atoms with E-state index in [1.165, 1.54) is 5.56 Å². The molecule has 0 bridgehead atoms. The lowest BCUT2D eigenvalue weighted by Crippen LogP contribution is -2.23. The summed E-state index contributed by atoms with van der Waals surface area (Å²) in [7, 11) is 1.57. The van der Waals surface area contributed by atoms with E-state index in [1.807, 2.05) is 42.5 Å². The van der Waals surface area contributed by atoms with Crippen molar-refractivity contribution in [1.82, 2.24) is 10.3 Å². The van der Waals surface area contributed by atoms with Crippen LogP contribution in [0.5, 0.6) is 5.88 Å². The van der Waals surface area contributed by atoms with E-state index in [9.17, 15) is 4.79 Å². The number of benzene rings is 1. The Morgan fingerprint density at radius 2 is 2.00 bits per heavy atom. The van der Waals surface area contributed by atoms with Crippen LogP contribution in [0, 0.1) is 0 Å². The fourth-order valence-electron chi connectivity index (χ4n) is 1.86. The fourth-order valence-corrected chi connectivity index (χ4v) is 1.86. The Morgan fingerprint density at radius 3 is 2.75 bits per heavy atom. The number of hydrogen-bond donors (Lipinski definition) is 1. The van der Waals surface area contributed by atoms with E-state index in [2.05, 4.69) is 10.3 Å². The highest BCUT2D eigenvalue weighted by molar-refractivity contribution is 5.76. The van der Waals surface area contributed by atoms with E-state index in [0.29, 0.717) is 18.8 Å². The first kappa shape index (κ1) is 14.1. The van der Waals surface area contributed by atoms with Gasteiger partial charge in [0.05, 0.1) is 7.11 Å². The largest absolute Gasteiger partial charge is 0.481 e. The van der Waals surface area contributed by atoms with Gasteiger partial charge < -0.3 is 10.1 Å². The molecule has 4 nitrogen and oxygen atoms in total. The Balaban J connectivity index is 1.77. The van der Waals surface area contributed by atoms with E-state index in [0.717, 1.165) is 12.0 Å². The van der Waals surface area contributed by atoms with Crippen LogP contribution >= 0.6 is 0 Å². The summed E-state index contributed by atoms with van der Waals surface area (Å²) in [6, 6.07) is 13.7. The van der Waals surface area contributed by atoms with E-state index in [1.54, 1.807) is 13.3 Å². The Bertz CT molecular complexity index is 555. The third kappa shape index (κ3) is 4.39. The molecule has 0 unspecified atom stereocenters. The summed E-state index contributed by atoms with van der Waals surface area (Å²) < 4.78 is 5.04. The molecular weight excluding hydrogens is 252 g/mol. The molecule has 0 saturated carbocycles. The van der Waals surface area contributed by atoms with Gasteiger partial charge >= 0.3 is 0 Å². The summed E-state index contributed by atoms with van der Waals surface area (Å²) in [6.45, 7) is 0.493. The van der Waals surface area contributed by atoms with Crippen molar-refractivity contribution in [2.24, 2.45) is 0 Å². The first-order valence-corrected chi connectivity index (χ1v) is 6.57. The molecule has 0 aliphatic rings. The van der Waals surface area contributed by atoms with E-state index < -0.39 is 0 Å². The van der Waals surface area contributed by atoms with E-state index in [4.69, 9.17) is 4.74 Å². The van der Waals surface area contributed by atoms with Crippen molar-refractivity contribution in [3.05, 3.63) is 59.8 Å². The molecule has 0 aliphatic carbocycles. The first-order chi connectivity index (χ1) is 9.78. The van der Waals surface area contributed by atoms with Gasteiger partial charge in [-0.1, -0.05) is 30.3 Å². The van der Waals surface area contributed by atoms with Crippen LogP contribution in [0.3, 0.4) is 0 Å². The number of aromatic nitrogens is 1. The lowest BCUT2D eigenvalue weighted by Gasteiger charge is -2.06. The highest BCUT2D eigenvalue weighted by atomic mass is 16.5. The summed E-state index contributed by atoms with van der Waals surface area (Å²) in [5, 5.41) is 2.90. The van der Waals surface area contributed by atoms with Gasteiger partial charge in [0.15, 0.2) is 0 Å². The Labute approximate surface area is 118 Å². The Hall–Kier alpha value is -2.36. The molecule has 0 radical (unpaired) electrons. The molecule has 0 saturated heterocycles. The smallest absolute Gasteiger partial charge is 0.220 e. The zero-order valence-electron chi connectivity index (χ0n) is 11.5. The van der Waals surface area contributed by atoms with Gasteiger partial charge in [0, 0.05) is 25.2 Å². The first-order valence-electron chi connectivity index (χ1n) is 6.57. The lowest BCUT2D eigenvalue weighted by molar-refractivity contribution is -0.121. The third-order valence-electron chi connectivity index (χ3n) is 2.98. The minimum absolute atomic E-state index is 0.0460. The van der Waals surface area contributed by atoms with Crippen molar-refractivity contribution in [1.29, 1.82) is 0 Å². The second-order valence-electron chi connectivity index (χ2n) is 4.47. The van der Waals surface area contributed by atoms with Crippen molar-refractivity contribution >= 4 is 5.91 Å². The van der Waals surface area contributed by atoms with E-state index in [-0.39, 0.29) is 5.91 Å². The van der Waals surface area contributed by atoms with Gasteiger partial charge in [0.25, 0.3) is 0 Å². The fraction of sp³-hybridized carbons (Fsp3) is 0.250. The van der Waals surface area contributed by atoms with Crippen LogP contribution in [0.25, 0.3) is 0 Å². The molecule has 20 heavy (non-hydrogen) atoms. The lowest BCUT2D eigenvalue weighted by atomic mass is 10.1. The predicted molar refractivity (Wildman–Crippen MR) is 77.4 cm³/mol. The van der Waals surface area contributed by atoms with Gasteiger partial charge in [-0.15, -0.1) is 0 Å². The van der Waals surface area contributed by atoms with Crippen LogP contribution in [0.1, 0.15) is 17.5 Å². The maximum atomic E-state index is 11.8. The van der Waals surface area contributed by atoms with Gasteiger partial charge in [-0.25, -0.2) is 4.98 Å². The highest BCUT2D eigenvalue weighted by Crippen LogP contribution is 2.08. The van der Waals surface area contributed by atoms with Crippen molar-refractivity contribution in [3.63, 3.8) is 0 Å². The highest BCUT2D eigenvalue weighted by Gasteiger charge is 2.03. The van der Waals surface area contributed by atoms with Gasteiger partial charge in [0.2, 0.25) is 11.8 Å².